The molecule has 0 aliphatic carbocycles. The van der Waals surface area contributed by atoms with E-state index in [2.05, 4.69) is 4.18 Å². The molecule has 1 aromatic rings. The number of benzene rings is 1. The molecule has 0 fully saturated rings. The van der Waals surface area contributed by atoms with Gasteiger partial charge >= 0.3 is 5.97 Å². The third-order valence-electron chi connectivity index (χ3n) is 2.62. The summed E-state index contributed by atoms with van der Waals surface area (Å²) in [6.07, 6.45) is 2.84. The van der Waals surface area contributed by atoms with Gasteiger partial charge in [0.1, 0.15) is 0 Å². The Hall–Kier alpha value is -1.40. The molecule has 1 atom stereocenters. The minimum Gasteiger partial charge on any atom is -0.459 e. The van der Waals surface area contributed by atoms with Crippen LogP contribution in [0.3, 0.4) is 0 Å². The number of unbranched alkanes of at least 4 members (excludes halogenated alkanes) is 1. The zero-order valence-corrected chi connectivity index (χ0v) is 12.6. The molecule has 112 valence electrons. The van der Waals surface area contributed by atoms with E-state index in [0.717, 1.165) is 12.7 Å². The van der Waals surface area contributed by atoms with Crippen LogP contribution in [0.2, 0.25) is 0 Å². The first kappa shape index (κ1) is 16.7. The molecule has 20 heavy (non-hydrogen) atoms. The van der Waals surface area contributed by atoms with Crippen molar-refractivity contribution < 1.29 is 22.1 Å². The molecule has 0 bridgehead atoms. The van der Waals surface area contributed by atoms with E-state index in [1.165, 1.54) is 0 Å². The Morgan fingerprint density at radius 3 is 2.45 bits per heavy atom. The second kappa shape index (κ2) is 8.01. The summed E-state index contributed by atoms with van der Waals surface area (Å²) in [5, 5.41) is 0. The second-order valence-corrected chi connectivity index (χ2v) is 6.25. The minimum atomic E-state index is -3.37. The number of carbonyl (C=O) groups is 1. The molecule has 1 rings (SSSR count). The van der Waals surface area contributed by atoms with Crippen LogP contribution in [-0.4, -0.2) is 33.4 Å². The molecule has 0 amide bonds. The molecule has 0 saturated carbocycles. The molecule has 0 aliphatic rings. The van der Waals surface area contributed by atoms with E-state index in [1.54, 1.807) is 24.3 Å². The summed E-state index contributed by atoms with van der Waals surface area (Å²) >= 11 is 0. The van der Waals surface area contributed by atoms with Gasteiger partial charge in [-0.25, -0.2) is 4.79 Å². The van der Waals surface area contributed by atoms with Gasteiger partial charge in [-0.2, -0.15) is 8.42 Å². The highest BCUT2D eigenvalue weighted by Crippen LogP contribution is 2.09. The second-order valence-electron chi connectivity index (χ2n) is 4.60. The highest BCUT2D eigenvalue weighted by molar-refractivity contribution is 7.85. The molecular weight excluding hydrogens is 280 g/mol. The van der Waals surface area contributed by atoms with Crippen molar-refractivity contribution >= 4 is 16.1 Å². The van der Waals surface area contributed by atoms with Crippen LogP contribution < -0.4 is 0 Å². The van der Waals surface area contributed by atoms with Crippen LogP contribution in [0.1, 0.15) is 36.5 Å². The van der Waals surface area contributed by atoms with E-state index in [4.69, 9.17) is 4.74 Å². The van der Waals surface area contributed by atoms with Crippen molar-refractivity contribution in [3.05, 3.63) is 35.9 Å². The fraction of sp³-hybridized carbons (Fsp3) is 0.500. The van der Waals surface area contributed by atoms with Crippen molar-refractivity contribution in [1.82, 2.24) is 0 Å². The summed E-state index contributed by atoms with van der Waals surface area (Å²) in [5.74, 6) is -0.342. The Morgan fingerprint density at radius 2 is 1.85 bits per heavy atom. The van der Waals surface area contributed by atoms with Crippen LogP contribution in [0.25, 0.3) is 0 Å². The van der Waals surface area contributed by atoms with Crippen LogP contribution in [0.4, 0.5) is 0 Å². The molecule has 0 spiro atoms. The van der Waals surface area contributed by atoms with E-state index in [9.17, 15) is 13.2 Å². The van der Waals surface area contributed by atoms with E-state index >= 15 is 0 Å². The van der Waals surface area contributed by atoms with Gasteiger partial charge in [0.25, 0.3) is 10.1 Å². The summed E-state index contributed by atoms with van der Waals surface area (Å²) in [6.45, 7) is 1.98. The number of rotatable bonds is 8. The number of carbonyl (C=O) groups excluding carboxylic acids is 1. The van der Waals surface area contributed by atoms with E-state index < -0.39 is 10.1 Å². The predicted molar refractivity (Wildman–Crippen MR) is 76.0 cm³/mol. The van der Waals surface area contributed by atoms with Gasteiger partial charge in [-0.05, 0) is 38.3 Å². The maximum atomic E-state index is 11.7. The van der Waals surface area contributed by atoms with E-state index in [0.29, 0.717) is 18.4 Å². The normalized spacial score (nSPS) is 12.9. The zero-order valence-electron chi connectivity index (χ0n) is 11.7. The van der Waals surface area contributed by atoms with Crippen molar-refractivity contribution in [3.63, 3.8) is 0 Å². The molecule has 0 unspecified atom stereocenters. The first-order valence-corrected chi connectivity index (χ1v) is 8.30. The maximum Gasteiger partial charge on any atom is 0.338 e. The molecule has 5 nitrogen and oxygen atoms in total. The number of ether oxygens (including phenoxy) is 1. The first-order valence-electron chi connectivity index (χ1n) is 6.49. The van der Waals surface area contributed by atoms with Gasteiger partial charge < -0.3 is 4.74 Å². The fourth-order valence-electron chi connectivity index (χ4n) is 1.63. The third kappa shape index (κ3) is 7.25. The van der Waals surface area contributed by atoms with Gasteiger partial charge in [0.2, 0.25) is 0 Å². The maximum absolute atomic E-state index is 11.7. The third-order valence-corrected chi connectivity index (χ3v) is 3.21. The Bertz CT molecular complexity index is 510. The highest BCUT2D eigenvalue weighted by Gasteiger charge is 2.11. The summed E-state index contributed by atoms with van der Waals surface area (Å²) in [4.78, 5) is 11.7. The van der Waals surface area contributed by atoms with Crippen molar-refractivity contribution in [2.75, 3.05) is 12.9 Å². The standard InChI is InChI=1S/C14H20O5S/c1-12(8-6-7-11-18-20(2,16)17)19-14(15)13-9-4-3-5-10-13/h3-5,9-10,12H,6-8,11H2,1-2H3/t12-/m1/s1. The van der Waals surface area contributed by atoms with E-state index in [-0.39, 0.29) is 18.7 Å². The summed E-state index contributed by atoms with van der Waals surface area (Å²) in [7, 11) is -3.37. The van der Waals surface area contributed by atoms with Gasteiger partial charge in [0.05, 0.1) is 24.5 Å². The minimum absolute atomic E-state index is 0.165. The van der Waals surface area contributed by atoms with Crippen molar-refractivity contribution in [1.29, 1.82) is 0 Å². The van der Waals surface area contributed by atoms with Gasteiger partial charge in [0.15, 0.2) is 0 Å². The van der Waals surface area contributed by atoms with Crippen molar-refractivity contribution in [2.45, 2.75) is 32.3 Å². The molecule has 1 aromatic carbocycles. The van der Waals surface area contributed by atoms with Crippen LogP contribution >= 0.6 is 0 Å². The monoisotopic (exact) mass is 300 g/mol. The van der Waals surface area contributed by atoms with Gasteiger partial charge in [-0.1, -0.05) is 18.2 Å². The largest absolute Gasteiger partial charge is 0.459 e. The van der Waals surface area contributed by atoms with Crippen LogP contribution in [0, 0.1) is 0 Å². The Kier molecular flexibility index (Phi) is 6.67. The Labute approximate surface area is 120 Å². The zero-order chi connectivity index (χ0) is 15.0. The summed E-state index contributed by atoms with van der Waals surface area (Å²) in [5.41, 5.74) is 0.528. The molecule has 0 aliphatic heterocycles. The lowest BCUT2D eigenvalue weighted by molar-refractivity contribution is 0.0318. The molecule has 0 aromatic heterocycles. The average molecular weight is 300 g/mol. The lowest BCUT2D eigenvalue weighted by atomic mass is 10.2. The quantitative estimate of drug-likeness (QED) is 0.419. The van der Waals surface area contributed by atoms with Crippen molar-refractivity contribution in [3.8, 4) is 0 Å². The van der Waals surface area contributed by atoms with E-state index in [1.807, 2.05) is 13.0 Å². The molecule has 0 saturated heterocycles. The lowest BCUT2D eigenvalue weighted by Crippen LogP contribution is -2.15. The molecule has 0 heterocycles. The number of hydrogen-bond acceptors (Lipinski definition) is 5. The average Bonchev–Trinajstić information content (AvgIpc) is 2.38. The van der Waals surface area contributed by atoms with Gasteiger partial charge in [0, 0.05) is 0 Å². The van der Waals surface area contributed by atoms with Gasteiger partial charge in [-0.15, -0.1) is 0 Å². The fourth-order valence-corrected chi connectivity index (χ4v) is 2.05. The van der Waals surface area contributed by atoms with Crippen LogP contribution in [-0.2, 0) is 19.0 Å². The lowest BCUT2D eigenvalue weighted by Gasteiger charge is -2.13. The molecule has 6 heteroatoms. The van der Waals surface area contributed by atoms with Crippen LogP contribution in [0.5, 0.6) is 0 Å². The smallest absolute Gasteiger partial charge is 0.338 e. The molecule has 0 N–H and O–H groups in total. The van der Waals surface area contributed by atoms with Crippen LogP contribution in [0.15, 0.2) is 30.3 Å². The Morgan fingerprint density at radius 1 is 1.20 bits per heavy atom. The topological polar surface area (TPSA) is 69.7 Å². The SMILES string of the molecule is C[C@H](CCCCOS(C)(=O)=O)OC(=O)c1ccccc1. The molecule has 0 radical (unpaired) electrons. The number of esters is 1. The molecular formula is C14H20O5S. The first-order chi connectivity index (χ1) is 9.38. The van der Waals surface area contributed by atoms with Crippen molar-refractivity contribution in [2.24, 2.45) is 0 Å². The Balaban J connectivity index is 2.21. The highest BCUT2D eigenvalue weighted by atomic mass is 32.2. The summed E-state index contributed by atoms with van der Waals surface area (Å²) < 4.78 is 31.4. The van der Waals surface area contributed by atoms with Gasteiger partial charge in [-0.3, -0.25) is 4.18 Å². The predicted octanol–water partition coefficient (Wildman–Crippen LogP) is 2.38. The number of hydrogen-bond donors (Lipinski definition) is 0. The summed E-state index contributed by atoms with van der Waals surface area (Å²) in [6, 6.07) is 8.81.